The smallest absolute Gasteiger partial charge is 0.159 e. The molecule has 12 aromatic rings. The molecule has 2 aromatic heterocycles. The molecule has 12 rings (SSSR count). The van der Waals surface area contributed by atoms with Crippen LogP contribution in [-0.4, -0.2) is 0 Å². The van der Waals surface area contributed by atoms with Gasteiger partial charge in [0.2, 0.25) is 0 Å². The van der Waals surface area contributed by atoms with Crippen molar-refractivity contribution in [1.82, 2.24) is 0 Å². The number of anilines is 3. The van der Waals surface area contributed by atoms with E-state index < -0.39 is 0 Å². The van der Waals surface area contributed by atoms with Crippen LogP contribution < -0.4 is 4.90 Å². The van der Waals surface area contributed by atoms with Crippen molar-refractivity contribution in [3.63, 3.8) is 0 Å². The number of hydrogen-bond donors (Lipinski definition) is 0. The zero-order chi connectivity index (χ0) is 38.9. The summed E-state index contributed by atoms with van der Waals surface area (Å²) >= 11 is 1.86. The zero-order valence-corrected chi connectivity index (χ0v) is 32.8. The molecule has 0 aliphatic heterocycles. The highest BCUT2D eigenvalue weighted by Crippen LogP contribution is 2.45. The summed E-state index contributed by atoms with van der Waals surface area (Å²) in [6.07, 6.45) is 0. The van der Waals surface area contributed by atoms with Crippen LogP contribution in [-0.2, 0) is 0 Å². The Kier molecular flexibility index (Phi) is 7.75. The third kappa shape index (κ3) is 5.62. The summed E-state index contributed by atoms with van der Waals surface area (Å²) in [7, 11) is 0. The van der Waals surface area contributed by atoms with E-state index in [1.165, 1.54) is 58.4 Å². The predicted octanol–water partition coefficient (Wildman–Crippen LogP) is 16.7. The van der Waals surface area contributed by atoms with Gasteiger partial charge in [0.15, 0.2) is 5.58 Å². The van der Waals surface area contributed by atoms with Crippen LogP contribution in [0.3, 0.4) is 0 Å². The summed E-state index contributed by atoms with van der Waals surface area (Å²) in [4.78, 5) is 2.35. The Bertz CT molecular complexity index is 3560. The lowest BCUT2D eigenvalue weighted by Crippen LogP contribution is -2.10. The molecule has 0 aliphatic carbocycles. The van der Waals surface area contributed by atoms with Crippen LogP contribution in [0, 0.1) is 0 Å². The summed E-state index contributed by atoms with van der Waals surface area (Å²) in [5, 5.41) is 9.87. The average Bonchev–Trinajstić information content (AvgIpc) is 3.88. The molecule has 0 saturated heterocycles. The maximum atomic E-state index is 7.01. The summed E-state index contributed by atoms with van der Waals surface area (Å²) in [6.45, 7) is 0. The molecular formula is C56H35NOS. The lowest BCUT2D eigenvalue weighted by Gasteiger charge is -2.26. The number of furan rings is 1. The number of rotatable bonds is 6. The van der Waals surface area contributed by atoms with Crippen molar-refractivity contribution < 1.29 is 4.42 Å². The lowest BCUT2D eigenvalue weighted by atomic mass is 9.97. The third-order valence-corrected chi connectivity index (χ3v) is 13.0. The summed E-state index contributed by atoms with van der Waals surface area (Å²) in [5.74, 6) is 0. The molecule has 59 heavy (non-hydrogen) atoms. The second-order valence-electron chi connectivity index (χ2n) is 15.3. The van der Waals surface area contributed by atoms with Crippen molar-refractivity contribution in [2.75, 3.05) is 4.90 Å². The molecule has 0 saturated carbocycles. The van der Waals surface area contributed by atoms with E-state index in [4.69, 9.17) is 4.42 Å². The average molecular weight is 770 g/mol. The largest absolute Gasteiger partial charge is 0.453 e. The van der Waals surface area contributed by atoms with Crippen LogP contribution in [0.5, 0.6) is 0 Å². The molecule has 0 fully saturated rings. The second-order valence-corrected chi connectivity index (χ2v) is 16.4. The van der Waals surface area contributed by atoms with E-state index in [1.54, 1.807) is 0 Å². The molecule has 2 heterocycles. The molecule has 0 atom stereocenters. The Morgan fingerprint density at radius 1 is 0.322 bits per heavy atom. The van der Waals surface area contributed by atoms with E-state index in [1.807, 2.05) is 11.3 Å². The molecule has 0 N–H and O–H groups in total. The Labute approximate surface area is 345 Å². The fraction of sp³-hybridized carbons (Fsp3) is 0. The van der Waals surface area contributed by atoms with Gasteiger partial charge in [-0.05, 0) is 97.9 Å². The molecule has 276 valence electrons. The highest BCUT2D eigenvalue weighted by molar-refractivity contribution is 7.25. The SMILES string of the molecule is c1ccc(-c2cccc3c2oc2c(N(c4ccc(-c5ccc6c(ccc7ccccc76)c5)cc4)c4cccc(-c5ccc6c(c5)sc5ccccc56)c4)cccc23)cc1. The van der Waals surface area contributed by atoms with E-state index in [2.05, 4.69) is 217 Å². The zero-order valence-electron chi connectivity index (χ0n) is 32.0. The quantitative estimate of drug-likeness (QED) is 0.157. The monoisotopic (exact) mass is 769 g/mol. The van der Waals surface area contributed by atoms with Crippen molar-refractivity contribution in [2.24, 2.45) is 0 Å². The highest BCUT2D eigenvalue weighted by Gasteiger charge is 2.21. The Hall–Kier alpha value is -7.46. The molecule has 2 nitrogen and oxygen atoms in total. The van der Waals surface area contributed by atoms with Crippen LogP contribution in [0.4, 0.5) is 17.1 Å². The highest BCUT2D eigenvalue weighted by atomic mass is 32.1. The molecular weight excluding hydrogens is 735 g/mol. The Morgan fingerprint density at radius 2 is 0.932 bits per heavy atom. The first kappa shape index (κ1) is 33.7. The summed E-state index contributed by atoms with van der Waals surface area (Å²) in [6, 6.07) is 76.9. The van der Waals surface area contributed by atoms with Crippen LogP contribution in [0.25, 0.3) is 97.0 Å². The minimum atomic E-state index is 0.855. The van der Waals surface area contributed by atoms with E-state index in [0.29, 0.717) is 0 Å². The Morgan fingerprint density at radius 3 is 1.81 bits per heavy atom. The first-order valence-corrected chi connectivity index (χ1v) is 20.9. The molecule has 0 unspecified atom stereocenters. The topological polar surface area (TPSA) is 16.4 Å². The molecule has 0 bridgehead atoms. The van der Waals surface area contributed by atoms with Gasteiger partial charge in [0.1, 0.15) is 5.58 Å². The lowest BCUT2D eigenvalue weighted by molar-refractivity contribution is 0.670. The van der Waals surface area contributed by atoms with Gasteiger partial charge in [-0.15, -0.1) is 11.3 Å². The van der Waals surface area contributed by atoms with Crippen molar-refractivity contribution >= 4 is 92.1 Å². The second kappa shape index (κ2) is 13.6. The van der Waals surface area contributed by atoms with E-state index >= 15 is 0 Å². The Balaban J connectivity index is 1.01. The molecule has 0 spiro atoms. The number of benzene rings is 10. The van der Waals surface area contributed by atoms with E-state index in [9.17, 15) is 0 Å². The van der Waals surface area contributed by atoms with Gasteiger partial charge < -0.3 is 9.32 Å². The first-order valence-electron chi connectivity index (χ1n) is 20.1. The predicted molar refractivity (Wildman–Crippen MR) is 253 cm³/mol. The van der Waals surface area contributed by atoms with Crippen molar-refractivity contribution in [3.8, 4) is 33.4 Å². The van der Waals surface area contributed by atoms with Gasteiger partial charge >= 0.3 is 0 Å². The minimum absolute atomic E-state index is 0.855. The maximum Gasteiger partial charge on any atom is 0.159 e. The summed E-state index contributed by atoms with van der Waals surface area (Å²) in [5.41, 5.74) is 11.8. The van der Waals surface area contributed by atoms with Gasteiger partial charge in [0.25, 0.3) is 0 Å². The van der Waals surface area contributed by atoms with Crippen LogP contribution in [0.2, 0.25) is 0 Å². The normalized spacial score (nSPS) is 11.7. The molecule has 0 amide bonds. The number of fused-ring (bicyclic) bond motifs is 9. The number of hydrogen-bond acceptors (Lipinski definition) is 3. The van der Waals surface area contributed by atoms with Gasteiger partial charge in [-0.2, -0.15) is 0 Å². The van der Waals surface area contributed by atoms with Crippen molar-refractivity contribution in [3.05, 3.63) is 212 Å². The van der Waals surface area contributed by atoms with Crippen LogP contribution in [0.1, 0.15) is 0 Å². The van der Waals surface area contributed by atoms with Gasteiger partial charge in [-0.3, -0.25) is 0 Å². The van der Waals surface area contributed by atoms with Gasteiger partial charge in [0, 0.05) is 47.9 Å². The first-order chi connectivity index (χ1) is 29.2. The molecule has 0 aliphatic rings. The van der Waals surface area contributed by atoms with Gasteiger partial charge in [0.05, 0.1) is 5.69 Å². The summed E-state index contributed by atoms with van der Waals surface area (Å²) < 4.78 is 9.62. The molecule has 0 radical (unpaired) electrons. The van der Waals surface area contributed by atoms with Crippen LogP contribution >= 0.6 is 11.3 Å². The standard InChI is InChI=1S/C56H35NOS/c1-2-11-37(12-3-1)47-18-9-19-50-51-20-10-21-52(56(51)58-55(47)50)57(44-15-8-14-39(34-44)41-28-32-49-48-17-6-7-22-53(48)59-54(49)35-41)43-29-25-36(26-30-43)40-27-31-46-42(33-40)24-23-38-13-4-5-16-45(38)46/h1-35H. The van der Waals surface area contributed by atoms with Crippen molar-refractivity contribution in [2.45, 2.75) is 0 Å². The number of para-hydroxylation sites is 2. The van der Waals surface area contributed by atoms with E-state index in [-0.39, 0.29) is 0 Å². The maximum absolute atomic E-state index is 7.01. The number of thiophene rings is 1. The number of nitrogens with zero attached hydrogens (tertiary/aromatic N) is 1. The fourth-order valence-electron chi connectivity index (χ4n) is 8.98. The third-order valence-electron chi connectivity index (χ3n) is 11.8. The van der Waals surface area contributed by atoms with Gasteiger partial charge in [-0.25, -0.2) is 0 Å². The van der Waals surface area contributed by atoms with Gasteiger partial charge in [-0.1, -0.05) is 164 Å². The van der Waals surface area contributed by atoms with Crippen molar-refractivity contribution in [1.29, 1.82) is 0 Å². The minimum Gasteiger partial charge on any atom is -0.453 e. The van der Waals surface area contributed by atoms with Crippen LogP contribution in [0.15, 0.2) is 217 Å². The molecule has 3 heteroatoms. The molecule has 10 aromatic carbocycles. The fourth-order valence-corrected chi connectivity index (χ4v) is 10.1. The van der Waals surface area contributed by atoms with E-state index in [0.717, 1.165) is 55.7 Å².